The van der Waals surface area contributed by atoms with Gasteiger partial charge < -0.3 is 5.32 Å². The van der Waals surface area contributed by atoms with Crippen molar-refractivity contribution in [3.63, 3.8) is 0 Å². The first-order valence-electron chi connectivity index (χ1n) is 6.75. The molecule has 0 fully saturated rings. The van der Waals surface area contributed by atoms with Gasteiger partial charge in [-0.15, -0.1) is 0 Å². The Morgan fingerprint density at radius 3 is 2.80 bits per heavy atom. The molecule has 0 aliphatic carbocycles. The summed E-state index contributed by atoms with van der Waals surface area (Å²) in [6.07, 6.45) is 5.17. The Labute approximate surface area is 124 Å². The number of nitrogens with one attached hydrogen (secondary N) is 1. The fraction of sp³-hybridized carbons (Fsp3) is 0.500. The van der Waals surface area contributed by atoms with Crippen LogP contribution in [0.5, 0.6) is 0 Å². The van der Waals surface area contributed by atoms with E-state index in [2.05, 4.69) is 34.2 Å². The van der Waals surface area contributed by atoms with Gasteiger partial charge in [0.2, 0.25) is 0 Å². The van der Waals surface area contributed by atoms with Crippen molar-refractivity contribution in [1.82, 2.24) is 25.1 Å². The molecule has 0 saturated carbocycles. The summed E-state index contributed by atoms with van der Waals surface area (Å²) in [5.41, 5.74) is 2.30. The molecule has 2 aromatic heterocycles. The van der Waals surface area contributed by atoms with Gasteiger partial charge in [-0.3, -0.25) is 9.67 Å². The SMILES string of the molecule is Cc1nn(C)c(Sc2cnccn2)c1CNCC(C)C. The van der Waals surface area contributed by atoms with Gasteiger partial charge in [0, 0.05) is 31.5 Å². The summed E-state index contributed by atoms with van der Waals surface area (Å²) in [5, 5.41) is 10.0. The van der Waals surface area contributed by atoms with Gasteiger partial charge >= 0.3 is 0 Å². The van der Waals surface area contributed by atoms with E-state index >= 15 is 0 Å². The number of rotatable bonds is 6. The fourth-order valence-corrected chi connectivity index (χ4v) is 2.88. The Kier molecular flexibility index (Phi) is 5.14. The van der Waals surface area contributed by atoms with E-state index in [9.17, 15) is 0 Å². The van der Waals surface area contributed by atoms with Crippen LogP contribution in [0.1, 0.15) is 25.1 Å². The van der Waals surface area contributed by atoms with E-state index in [0.29, 0.717) is 5.92 Å². The Morgan fingerprint density at radius 2 is 2.15 bits per heavy atom. The van der Waals surface area contributed by atoms with Crippen LogP contribution in [0.2, 0.25) is 0 Å². The molecule has 5 nitrogen and oxygen atoms in total. The summed E-state index contributed by atoms with van der Waals surface area (Å²) in [7, 11) is 1.97. The zero-order chi connectivity index (χ0) is 14.5. The van der Waals surface area contributed by atoms with E-state index in [1.807, 2.05) is 18.7 Å². The lowest BCUT2D eigenvalue weighted by molar-refractivity contribution is 0.548. The molecule has 108 valence electrons. The smallest absolute Gasteiger partial charge is 0.121 e. The highest BCUT2D eigenvalue weighted by molar-refractivity contribution is 7.99. The summed E-state index contributed by atoms with van der Waals surface area (Å²) in [4.78, 5) is 8.42. The van der Waals surface area contributed by atoms with Gasteiger partial charge in [0.05, 0.1) is 11.9 Å². The Hall–Kier alpha value is -1.40. The summed E-state index contributed by atoms with van der Waals surface area (Å²) in [5.74, 6) is 0.642. The lowest BCUT2D eigenvalue weighted by Gasteiger charge is -2.09. The van der Waals surface area contributed by atoms with E-state index in [-0.39, 0.29) is 0 Å². The van der Waals surface area contributed by atoms with Crippen LogP contribution in [-0.4, -0.2) is 26.3 Å². The maximum atomic E-state index is 4.51. The third kappa shape index (κ3) is 3.80. The van der Waals surface area contributed by atoms with Crippen molar-refractivity contribution in [2.45, 2.75) is 37.4 Å². The van der Waals surface area contributed by atoms with Crippen LogP contribution in [-0.2, 0) is 13.6 Å². The topological polar surface area (TPSA) is 55.6 Å². The van der Waals surface area contributed by atoms with Gasteiger partial charge in [-0.25, -0.2) is 4.98 Å². The normalized spacial score (nSPS) is 11.2. The highest BCUT2D eigenvalue weighted by Gasteiger charge is 2.15. The molecule has 0 aromatic carbocycles. The number of aryl methyl sites for hydroxylation is 2. The molecule has 1 N–H and O–H groups in total. The molecule has 0 aliphatic heterocycles. The standard InChI is InChI=1S/C14H21N5S/c1-10(2)7-16-8-12-11(3)18-19(4)14(12)20-13-9-15-5-6-17-13/h5-6,9-10,16H,7-8H2,1-4H3. The van der Waals surface area contributed by atoms with E-state index in [1.54, 1.807) is 30.4 Å². The third-order valence-corrected chi connectivity index (χ3v) is 4.01. The van der Waals surface area contributed by atoms with Gasteiger partial charge in [-0.1, -0.05) is 13.8 Å². The fourth-order valence-electron chi connectivity index (χ4n) is 1.94. The van der Waals surface area contributed by atoms with Crippen LogP contribution < -0.4 is 5.32 Å². The summed E-state index contributed by atoms with van der Waals surface area (Å²) in [6, 6.07) is 0. The Bertz CT molecular complexity index is 550. The second-order valence-electron chi connectivity index (χ2n) is 5.16. The zero-order valence-electron chi connectivity index (χ0n) is 12.4. The quantitative estimate of drug-likeness (QED) is 0.886. The van der Waals surface area contributed by atoms with E-state index in [4.69, 9.17) is 0 Å². The Balaban J connectivity index is 2.15. The predicted octanol–water partition coefficient (Wildman–Crippen LogP) is 2.42. The lowest BCUT2D eigenvalue weighted by atomic mass is 10.2. The van der Waals surface area contributed by atoms with Crippen LogP contribution in [0.25, 0.3) is 0 Å². The molecular weight excluding hydrogens is 270 g/mol. The van der Waals surface area contributed by atoms with Crippen molar-refractivity contribution >= 4 is 11.8 Å². The molecule has 0 amide bonds. The highest BCUT2D eigenvalue weighted by Crippen LogP contribution is 2.29. The number of hydrogen-bond acceptors (Lipinski definition) is 5. The van der Waals surface area contributed by atoms with E-state index < -0.39 is 0 Å². The average molecular weight is 291 g/mol. The van der Waals surface area contributed by atoms with Crippen molar-refractivity contribution in [2.75, 3.05) is 6.54 Å². The van der Waals surface area contributed by atoms with E-state index in [0.717, 1.165) is 28.8 Å². The number of aromatic nitrogens is 4. The molecule has 2 rings (SSSR count). The summed E-state index contributed by atoms with van der Waals surface area (Å²) < 4.78 is 1.92. The first kappa shape index (κ1) is 15.0. The molecule has 2 heterocycles. The molecule has 0 atom stereocenters. The number of nitrogens with zero attached hydrogens (tertiary/aromatic N) is 4. The van der Waals surface area contributed by atoms with Crippen molar-refractivity contribution in [3.05, 3.63) is 29.8 Å². The maximum Gasteiger partial charge on any atom is 0.121 e. The monoisotopic (exact) mass is 291 g/mol. The molecule has 2 aromatic rings. The minimum absolute atomic E-state index is 0.642. The molecule has 0 bridgehead atoms. The Morgan fingerprint density at radius 1 is 1.35 bits per heavy atom. The second-order valence-corrected chi connectivity index (χ2v) is 6.17. The molecule has 0 radical (unpaired) electrons. The van der Waals surface area contributed by atoms with Gasteiger partial charge in [-0.05, 0) is 31.1 Å². The van der Waals surface area contributed by atoms with Crippen LogP contribution in [0, 0.1) is 12.8 Å². The lowest BCUT2D eigenvalue weighted by Crippen LogP contribution is -2.19. The highest BCUT2D eigenvalue weighted by atomic mass is 32.2. The van der Waals surface area contributed by atoms with Crippen LogP contribution in [0.3, 0.4) is 0 Å². The van der Waals surface area contributed by atoms with Gasteiger partial charge in [0.1, 0.15) is 10.1 Å². The second kappa shape index (κ2) is 6.85. The van der Waals surface area contributed by atoms with Crippen LogP contribution in [0.4, 0.5) is 0 Å². The summed E-state index contributed by atoms with van der Waals surface area (Å²) in [6.45, 7) is 8.30. The minimum Gasteiger partial charge on any atom is -0.312 e. The molecule has 20 heavy (non-hydrogen) atoms. The predicted molar refractivity (Wildman–Crippen MR) is 80.6 cm³/mol. The summed E-state index contributed by atoms with van der Waals surface area (Å²) >= 11 is 1.61. The van der Waals surface area contributed by atoms with Crippen LogP contribution >= 0.6 is 11.8 Å². The molecule has 0 spiro atoms. The first-order valence-corrected chi connectivity index (χ1v) is 7.56. The molecule has 0 saturated heterocycles. The van der Waals surface area contributed by atoms with E-state index in [1.165, 1.54) is 5.56 Å². The largest absolute Gasteiger partial charge is 0.312 e. The molecule has 0 unspecified atom stereocenters. The van der Waals surface area contributed by atoms with Crippen molar-refractivity contribution < 1.29 is 0 Å². The maximum absolute atomic E-state index is 4.51. The van der Waals surface area contributed by atoms with Gasteiger partial charge in [0.15, 0.2) is 0 Å². The van der Waals surface area contributed by atoms with Crippen LogP contribution in [0.15, 0.2) is 28.6 Å². The zero-order valence-corrected chi connectivity index (χ0v) is 13.2. The van der Waals surface area contributed by atoms with Gasteiger partial charge in [0.25, 0.3) is 0 Å². The molecule has 6 heteroatoms. The molecule has 0 aliphatic rings. The number of hydrogen-bond donors (Lipinski definition) is 1. The van der Waals surface area contributed by atoms with Gasteiger partial charge in [-0.2, -0.15) is 5.10 Å². The van der Waals surface area contributed by atoms with Crippen molar-refractivity contribution in [1.29, 1.82) is 0 Å². The third-order valence-electron chi connectivity index (χ3n) is 2.88. The molecular formula is C14H21N5S. The van der Waals surface area contributed by atoms with Crippen molar-refractivity contribution in [2.24, 2.45) is 13.0 Å². The van der Waals surface area contributed by atoms with Crippen molar-refractivity contribution in [3.8, 4) is 0 Å². The first-order chi connectivity index (χ1) is 9.58. The minimum atomic E-state index is 0.642. The average Bonchev–Trinajstić information content (AvgIpc) is 2.66.